The zero-order valence-electron chi connectivity index (χ0n) is 9.81. The minimum absolute atomic E-state index is 0.825. The Balaban J connectivity index is 2.28. The molecule has 1 radical (unpaired) electrons. The van der Waals surface area contributed by atoms with Crippen LogP contribution in [0.3, 0.4) is 0 Å². The molecule has 83 valence electrons. The minimum Gasteiger partial charge on any atom is -0.326 e. The molecule has 3 rings (SSSR count). The average Bonchev–Trinajstić information content (AvgIpc) is 2.67. The molecule has 0 N–H and O–H groups in total. The Kier molecular flexibility index (Phi) is 2.18. The summed E-state index contributed by atoms with van der Waals surface area (Å²) in [6.45, 7) is 1.94. The molecular weight excluding hydrogens is 210 g/mol. The Morgan fingerprint density at radius 1 is 1.18 bits per heavy atom. The molecular formula is C14H12N3. The number of rotatable bonds is 1. The lowest BCUT2D eigenvalue weighted by Gasteiger charge is -2.02. The molecule has 1 aromatic carbocycles. The molecule has 0 bridgehead atoms. The molecule has 0 saturated heterocycles. The van der Waals surface area contributed by atoms with Gasteiger partial charge in [0, 0.05) is 13.1 Å². The monoisotopic (exact) mass is 222 g/mol. The molecule has 3 aromatic rings. The van der Waals surface area contributed by atoms with Crippen LogP contribution in [0.2, 0.25) is 0 Å². The number of nitrogens with zero attached hydrogens (tertiary/aromatic N) is 3. The number of fused-ring (bicyclic) bond motifs is 1. The van der Waals surface area contributed by atoms with Gasteiger partial charge in [-0.15, -0.1) is 0 Å². The standard InChI is InChI=1S/C14H12N3/c1-10-9-15-14-12(16-10)8-13(17(14)2)11-6-4-3-5-7-11/h3-7,9H,1-2H3. The van der Waals surface area contributed by atoms with Gasteiger partial charge in [-0.25, -0.2) is 9.97 Å². The van der Waals surface area contributed by atoms with Crippen LogP contribution in [0.1, 0.15) is 5.69 Å². The predicted octanol–water partition coefficient (Wildman–Crippen LogP) is 2.74. The van der Waals surface area contributed by atoms with Crippen molar-refractivity contribution in [2.24, 2.45) is 7.05 Å². The molecule has 0 amide bonds. The summed E-state index contributed by atoms with van der Waals surface area (Å²) in [6.07, 6.45) is 1.78. The van der Waals surface area contributed by atoms with E-state index in [1.807, 2.05) is 36.7 Å². The summed E-state index contributed by atoms with van der Waals surface area (Å²) >= 11 is 0. The lowest BCUT2D eigenvalue weighted by atomic mass is 10.1. The predicted molar refractivity (Wildman–Crippen MR) is 67.5 cm³/mol. The Hall–Kier alpha value is -2.16. The lowest BCUT2D eigenvalue weighted by molar-refractivity contribution is 0.951. The summed E-state index contributed by atoms with van der Waals surface area (Å²) in [5.74, 6) is 0. The normalized spacial score (nSPS) is 10.9. The first kappa shape index (κ1) is 10.0. The Morgan fingerprint density at radius 3 is 2.71 bits per heavy atom. The maximum absolute atomic E-state index is 4.44. The van der Waals surface area contributed by atoms with Crippen LogP contribution in [0.4, 0.5) is 0 Å². The Morgan fingerprint density at radius 2 is 1.94 bits per heavy atom. The highest BCUT2D eigenvalue weighted by atomic mass is 15.0. The van der Waals surface area contributed by atoms with Crippen molar-refractivity contribution in [2.75, 3.05) is 0 Å². The number of aromatic nitrogens is 3. The van der Waals surface area contributed by atoms with Crippen molar-refractivity contribution in [1.29, 1.82) is 0 Å². The fraction of sp³-hybridized carbons (Fsp3) is 0.143. The van der Waals surface area contributed by atoms with Crippen molar-refractivity contribution >= 4 is 11.2 Å². The third kappa shape index (κ3) is 1.60. The van der Waals surface area contributed by atoms with Crippen LogP contribution in [0.15, 0.2) is 36.5 Å². The summed E-state index contributed by atoms with van der Waals surface area (Å²) in [4.78, 5) is 8.84. The largest absolute Gasteiger partial charge is 0.326 e. The van der Waals surface area contributed by atoms with E-state index >= 15 is 0 Å². The van der Waals surface area contributed by atoms with Crippen molar-refractivity contribution in [3.8, 4) is 11.3 Å². The van der Waals surface area contributed by atoms with Crippen molar-refractivity contribution in [1.82, 2.24) is 14.5 Å². The first-order valence-corrected chi connectivity index (χ1v) is 5.52. The molecule has 0 aliphatic rings. The second-order valence-electron chi connectivity index (χ2n) is 4.08. The van der Waals surface area contributed by atoms with E-state index in [1.165, 1.54) is 0 Å². The van der Waals surface area contributed by atoms with Gasteiger partial charge in [0.15, 0.2) is 5.65 Å². The highest BCUT2D eigenvalue weighted by Crippen LogP contribution is 2.23. The molecule has 3 heteroatoms. The molecule has 17 heavy (non-hydrogen) atoms. The van der Waals surface area contributed by atoms with Gasteiger partial charge in [0.2, 0.25) is 0 Å². The van der Waals surface area contributed by atoms with E-state index in [4.69, 9.17) is 0 Å². The summed E-state index contributed by atoms with van der Waals surface area (Å²) in [5, 5.41) is 0. The van der Waals surface area contributed by atoms with Crippen LogP contribution in [-0.4, -0.2) is 14.5 Å². The second-order valence-corrected chi connectivity index (χ2v) is 4.08. The van der Waals surface area contributed by atoms with Gasteiger partial charge in [-0.3, -0.25) is 0 Å². The van der Waals surface area contributed by atoms with E-state index in [2.05, 4.69) is 28.2 Å². The van der Waals surface area contributed by atoms with Crippen molar-refractivity contribution in [2.45, 2.75) is 6.92 Å². The van der Waals surface area contributed by atoms with Crippen LogP contribution in [0, 0.1) is 13.0 Å². The molecule has 0 aliphatic carbocycles. The highest BCUT2D eigenvalue weighted by Gasteiger charge is 2.09. The fourth-order valence-corrected chi connectivity index (χ4v) is 1.96. The number of benzene rings is 1. The van der Waals surface area contributed by atoms with Gasteiger partial charge in [-0.1, -0.05) is 30.3 Å². The van der Waals surface area contributed by atoms with Crippen LogP contribution in [-0.2, 0) is 7.05 Å². The Bertz CT molecular complexity index is 669. The van der Waals surface area contributed by atoms with Crippen LogP contribution >= 0.6 is 0 Å². The van der Waals surface area contributed by atoms with E-state index in [0.29, 0.717) is 0 Å². The zero-order chi connectivity index (χ0) is 11.8. The topological polar surface area (TPSA) is 30.7 Å². The third-order valence-corrected chi connectivity index (χ3v) is 2.81. The molecule has 0 unspecified atom stereocenters. The summed E-state index contributed by atoms with van der Waals surface area (Å²) in [5.41, 5.74) is 4.76. The summed E-state index contributed by atoms with van der Waals surface area (Å²) < 4.78 is 2.02. The highest BCUT2D eigenvalue weighted by molar-refractivity contribution is 5.79. The molecule has 2 aromatic heterocycles. The Labute approximate surface area is 99.8 Å². The minimum atomic E-state index is 0.825. The molecule has 0 spiro atoms. The molecule has 0 atom stereocenters. The maximum Gasteiger partial charge on any atom is 0.159 e. The van der Waals surface area contributed by atoms with Gasteiger partial charge in [0.05, 0.1) is 17.6 Å². The number of aryl methyl sites for hydroxylation is 2. The quantitative estimate of drug-likeness (QED) is 0.633. The summed E-state index contributed by atoms with van der Waals surface area (Å²) in [6, 6.07) is 13.5. The lowest BCUT2D eigenvalue weighted by Crippen LogP contribution is -1.93. The van der Waals surface area contributed by atoms with E-state index < -0.39 is 0 Å². The smallest absolute Gasteiger partial charge is 0.159 e. The first-order valence-electron chi connectivity index (χ1n) is 5.52. The maximum atomic E-state index is 4.44. The molecule has 0 fully saturated rings. The molecule has 2 heterocycles. The third-order valence-electron chi connectivity index (χ3n) is 2.81. The van der Waals surface area contributed by atoms with E-state index in [0.717, 1.165) is 28.1 Å². The van der Waals surface area contributed by atoms with Gasteiger partial charge in [0.25, 0.3) is 0 Å². The zero-order valence-corrected chi connectivity index (χ0v) is 9.81. The van der Waals surface area contributed by atoms with Gasteiger partial charge in [-0.2, -0.15) is 0 Å². The summed E-state index contributed by atoms with van der Waals surface area (Å²) in [7, 11) is 1.99. The van der Waals surface area contributed by atoms with Crippen LogP contribution < -0.4 is 0 Å². The number of hydrogen-bond donors (Lipinski definition) is 0. The van der Waals surface area contributed by atoms with Crippen molar-refractivity contribution in [3.05, 3.63) is 48.3 Å². The van der Waals surface area contributed by atoms with Gasteiger partial charge >= 0.3 is 0 Å². The number of hydrogen-bond acceptors (Lipinski definition) is 2. The second kappa shape index (κ2) is 3.70. The van der Waals surface area contributed by atoms with E-state index in [9.17, 15) is 0 Å². The van der Waals surface area contributed by atoms with Gasteiger partial charge < -0.3 is 4.57 Å². The van der Waals surface area contributed by atoms with Gasteiger partial charge in [0.1, 0.15) is 5.52 Å². The molecule has 0 aliphatic heterocycles. The first-order chi connectivity index (χ1) is 8.25. The fourth-order valence-electron chi connectivity index (χ4n) is 1.96. The van der Waals surface area contributed by atoms with Crippen molar-refractivity contribution < 1.29 is 0 Å². The van der Waals surface area contributed by atoms with E-state index in [-0.39, 0.29) is 0 Å². The average molecular weight is 222 g/mol. The van der Waals surface area contributed by atoms with Crippen LogP contribution in [0.25, 0.3) is 22.4 Å². The van der Waals surface area contributed by atoms with Crippen molar-refractivity contribution in [3.63, 3.8) is 0 Å². The molecule has 0 saturated carbocycles. The SMILES string of the molecule is Cc1cnc2c([c]c(-c3ccccc3)n2C)n1. The van der Waals surface area contributed by atoms with Gasteiger partial charge in [-0.05, 0) is 12.5 Å². The van der Waals surface area contributed by atoms with Crippen LogP contribution in [0.5, 0.6) is 0 Å². The molecule has 3 nitrogen and oxygen atoms in total. The van der Waals surface area contributed by atoms with E-state index in [1.54, 1.807) is 6.20 Å².